The maximum atomic E-state index is 13.4. The van der Waals surface area contributed by atoms with Gasteiger partial charge in [-0.3, -0.25) is 0 Å². The second kappa shape index (κ2) is 8.15. The summed E-state index contributed by atoms with van der Waals surface area (Å²) in [5.41, 5.74) is 0.628. The molecule has 1 heterocycles. The number of carbonyl (C=O) groups excluding carboxylic acids is 1. The summed E-state index contributed by atoms with van der Waals surface area (Å²) in [4.78, 5) is 14.5. The van der Waals surface area contributed by atoms with Gasteiger partial charge in [0.05, 0.1) is 13.2 Å². The van der Waals surface area contributed by atoms with E-state index in [1.165, 1.54) is 19.2 Å². The van der Waals surface area contributed by atoms with E-state index in [4.69, 9.17) is 4.74 Å². The number of piperidine rings is 1. The first-order valence-electron chi connectivity index (χ1n) is 8.16. The van der Waals surface area contributed by atoms with Crippen molar-refractivity contribution in [2.24, 2.45) is 0 Å². The third-order valence-corrected chi connectivity index (χ3v) is 4.38. The third kappa shape index (κ3) is 4.82. The van der Waals surface area contributed by atoms with Crippen molar-refractivity contribution in [3.05, 3.63) is 29.6 Å². The topological polar surface area (TPSA) is 53.6 Å². The Labute approximate surface area is 137 Å². The van der Waals surface area contributed by atoms with Crippen LogP contribution in [-0.4, -0.2) is 43.7 Å². The van der Waals surface area contributed by atoms with Gasteiger partial charge in [-0.2, -0.15) is 0 Å². The molecule has 2 rings (SSSR count). The smallest absolute Gasteiger partial charge is 0.315 e. The van der Waals surface area contributed by atoms with E-state index < -0.39 is 0 Å². The van der Waals surface area contributed by atoms with Gasteiger partial charge in [0, 0.05) is 24.7 Å². The highest BCUT2D eigenvalue weighted by Gasteiger charge is 2.21. The largest absolute Gasteiger partial charge is 0.496 e. The van der Waals surface area contributed by atoms with E-state index in [1.807, 2.05) is 6.92 Å². The highest BCUT2D eigenvalue weighted by atomic mass is 19.1. The number of hydrogen-bond donors (Lipinski definition) is 2. The van der Waals surface area contributed by atoms with Gasteiger partial charge in [-0.1, -0.05) is 6.92 Å². The number of rotatable bonds is 5. The lowest BCUT2D eigenvalue weighted by molar-refractivity contribution is 0.197. The van der Waals surface area contributed by atoms with E-state index in [0.29, 0.717) is 11.3 Å². The molecule has 128 valence electrons. The molecule has 1 atom stereocenters. The Bertz CT molecular complexity index is 531. The minimum Gasteiger partial charge on any atom is -0.496 e. The highest BCUT2D eigenvalue weighted by Crippen LogP contribution is 2.25. The Morgan fingerprint density at radius 3 is 2.74 bits per heavy atom. The summed E-state index contributed by atoms with van der Waals surface area (Å²) in [6, 6.07) is 3.94. The quantitative estimate of drug-likeness (QED) is 0.876. The molecule has 0 aliphatic carbocycles. The Hall–Kier alpha value is -1.82. The minimum atomic E-state index is -0.346. The molecule has 23 heavy (non-hydrogen) atoms. The van der Waals surface area contributed by atoms with Gasteiger partial charge >= 0.3 is 6.03 Å². The first-order valence-corrected chi connectivity index (χ1v) is 8.16. The minimum absolute atomic E-state index is 0.194. The molecule has 1 aliphatic rings. The van der Waals surface area contributed by atoms with Crippen LogP contribution in [0.15, 0.2) is 18.2 Å². The zero-order chi connectivity index (χ0) is 16.8. The average molecular weight is 323 g/mol. The van der Waals surface area contributed by atoms with E-state index in [9.17, 15) is 9.18 Å². The summed E-state index contributed by atoms with van der Waals surface area (Å²) in [5, 5.41) is 5.87. The summed E-state index contributed by atoms with van der Waals surface area (Å²) in [6.07, 6.45) is 1.91. The first-order chi connectivity index (χ1) is 11.0. The Morgan fingerprint density at radius 2 is 2.13 bits per heavy atom. The number of nitrogens with zero attached hydrogens (tertiary/aromatic N) is 1. The van der Waals surface area contributed by atoms with Crippen LogP contribution in [0.1, 0.15) is 38.3 Å². The van der Waals surface area contributed by atoms with Gasteiger partial charge in [0.25, 0.3) is 0 Å². The summed E-state index contributed by atoms with van der Waals surface area (Å²) in [6.45, 7) is 7.03. The molecule has 1 aromatic carbocycles. The van der Waals surface area contributed by atoms with Crippen molar-refractivity contribution in [1.29, 1.82) is 0 Å². The predicted molar refractivity (Wildman–Crippen MR) is 88.2 cm³/mol. The summed E-state index contributed by atoms with van der Waals surface area (Å²) >= 11 is 0. The highest BCUT2D eigenvalue weighted by molar-refractivity contribution is 5.74. The van der Waals surface area contributed by atoms with Crippen LogP contribution in [0.4, 0.5) is 9.18 Å². The molecule has 0 spiro atoms. The summed E-state index contributed by atoms with van der Waals surface area (Å²) < 4.78 is 18.7. The number of ether oxygens (including phenoxy) is 1. The van der Waals surface area contributed by atoms with Crippen molar-refractivity contribution in [3.8, 4) is 5.75 Å². The molecule has 0 radical (unpaired) electrons. The van der Waals surface area contributed by atoms with Crippen LogP contribution < -0.4 is 15.4 Å². The zero-order valence-electron chi connectivity index (χ0n) is 14.1. The molecule has 0 aromatic heterocycles. The van der Waals surface area contributed by atoms with Gasteiger partial charge in [0.15, 0.2) is 0 Å². The van der Waals surface area contributed by atoms with Crippen molar-refractivity contribution in [1.82, 2.24) is 15.5 Å². The Morgan fingerprint density at radius 1 is 1.43 bits per heavy atom. The van der Waals surface area contributed by atoms with Gasteiger partial charge in [0.1, 0.15) is 11.6 Å². The van der Waals surface area contributed by atoms with E-state index in [1.54, 1.807) is 6.07 Å². The summed E-state index contributed by atoms with van der Waals surface area (Å²) in [7, 11) is 1.53. The van der Waals surface area contributed by atoms with Gasteiger partial charge in [0.2, 0.25) is 0 Å². The maximum Gasteiger partial charge on any atom is 0.315 e. The number of urea groups is 1. The van der Waals surface area contributed by atoms with Gasteiger partial charge in [-0.05, 0) is 44.5 Å². The van der Waals surface area contributed by atoms with Gasteiger partial charge in [-0.25, -0.2) is 9.18 Å². The van der Waals surface area contributed by atoms with Gasteiger partial charge in [-0.15, -0.1) is 0 Å². The molecule has 0 saturated carbocycles. The molecule has 1 aliphatic heterocycles. The summed E-state index contributed by atoms with van der Waals surface area (Å²) in [5.74, 6) is 0.220. The molecule has 6 heteroatoms. The fourth-order valence-corrected chi connectivity index (χ4v) is 2.94. The van der Waals surface area contributed by atoms with Crippen LogP contribution in [-0.2, 0) is 0 Å². The molecule has 0 unspecified atom stereocenters. The second-order valence-electron chi connectivity index (χ2n) is 5.93. The third-order valence-electron chi connectivity index (χ3n) is 4.38. The zero-order valence-corrected chi connectivity index (χ0v) is 14.1. The number of nitrogens with one attached hydrogen (secondary N) is 2. The van der Waals surface area contributed by atoms with Gasteiger partial charge < -0.3 is 20.3 Å². The lowest BCUT2D eigenvalue weighted by atomic mass is 10.1. The standard InChI is InChI=1S/C17H26FN3O2/c1-4-21-9-7-14(8-10-21)20-17(22)19-12(2)15-11-13(18)5-6-16(15)23-3/h5-6,11-12,14H,4,7-10H2,1-3H3,(H2,19,20,22)/t12-/m1/s1. The van der Waals surface area contributed by atoms with Crippen LogP contribution >= 0.6 is 0 Å². The van der Waals surface area contributed by atoms with Crippen LogP contribution in [0, 0.1) is 5.82 Å². The first kappa shape index (κ1) is 17.5. The molecular formula is C17H26FN3O2. The Kier molecular flexibility index (Phi) is 6.21. The Balaban J connectivity index is 1.89. The van der Waals surface area contributed by atoms with E-state index in [0.717, 1.165) is 32.5 Å². The number of halogens is 1. The predicted octanol–water partition coefficient (Wildman–Crippen LogP) is 2.68. The maximum absolute atomic E-state index is 13.4. The number of carbonyl (C=O) groups is 1. The van der Waals surface area contributed by atoms with Crippen molar-refractivity contribution >= 4 is 6.03 Å². The monoisotopic (exact) mass is 323 g/mol. The number of methoxy groups -OCH3 is 1. The second-order valence-corrected chi connectivity index (χ2v) is 5.93. The van der Waals surface area contributed by atoms with Crippen molar-refractivity contribution in [2.75, 3.05) is 26.7 Å². The molecular weight excluding hydrogens is 297 g/mol. The molecule has 1 aromatic rings. The van der Waals surface area contributed by atoms with Crippen molar-refractivity contribution < 1.29 is 13.9 Å². The molecule has 2 N–H and O–H groups in total. The van der Waals surface area contributed by atoms with Crippen LogP contribution in [0.3, 0.4) is 0 Å². The lowest BCUT2D eigenvalue weighted by Crippen LogP contribution is -2.48. The van der Waals surface area contributed by atoms with Crippen LogP contribution in [0.25, 0.3) is 0 Å². The number of benzene rings is 1. The molecule has 5 nitrogen and oxygen atoms in total. The fourth-order valence-electron chi connectivity index (χ4n) is 2.94. The van der Waals surface area contributed by atoms with E-state index >= 15 is 0 Å². The fraction of sp³-hybridized carbons (Fsp3) is 0.588. The SMILES string of the molecule is CCN1CCC(NC(=O)N[C@H](C)c2cc(F)ccc2OC)CC1. The molecule has 1 fully saturated rings. The van der Waals surface area contributed by atoms with E-state index in [2.05, 4.69) is 22.5 Å². The van der Waals surface area contributed by atoms with Crippen LogP contribution in [0.2, 0.25) is 0 Å². The number of amides is 2. The molecule has 0 bridgehead atoms. The normalized spacial score (nSPS) is 17.6. The lowest BCUT2D eigenvalue weighted by Gasteiger charge is -2.31. The van der Waals surface area contributed by atoms with E-state index in [-0.39, 0.29) is 23.9 Å². The average Bonchev–Trinajstić information content (AvgIpc) is 2.55. The molecule has 1 saturated heterocycles. The van der Waals surface area contributed by atoms with Crippen LogP contribution in [0.5, 0.6) is 5.75 Å². The van der Waals surface area contributed by atoms with Crippen molar-refractivity contribution in [2.45, 2.75) is 38.8 Å². The molecule has 2 amide bonds. The number of likely N-dealkylation sites (tertiary alicyclic amines) is 1. The number of hydrogen-bond acceptors (Lipinski definition) is 3. The van der Waals surface area contributed by atoms with Crippen molar-refractivity contribution in [3.63, 3.8) is 0 Å².